The molecular weight excluding hydrogens is 449 g/mol. The maximum Gasteiger partial charge on any atom is 0.248 e. The Labute approximate surface area is 182 Å². The molecule has 3 rings (SSSR count). The topological polar surface area (TPSA) is 81.1 Å². The van der Waals surface area contributed by atoms with Crippen LogP contribution in [0.5, 0.6) is 0 Å². The number of likely N-dealkylation sites (N-methyl/N-ethyl adjacent to an activating group) is 1. The zero-order chi connectivity index (χ0) is 21.7. The van der Waals surface area contributed by atoms with Crippen LogP contribution in [-0.4, -0.2) is 36.4 Å². The van der Waals surface area contributed by atoms with Crippen molar-refractivity contribution in [3.8, 4) is 6.07 Å². The maximum atomic E-state index is 13.6. The quantitative estimate of drug-likeness (QED) is 0.508. The smallest absolute Gasteiger partial charge is 0.248 e. The summed E-state index contributed by atoms with van der Waals surface area (Å²) in [7, 11) is 3.83. The van der Waals surface area contributed by atoms with Crippen molar-refractivity contribution in [3.63, 3.8) is 0 Å². The molecule has 1 aromatic heterocycles. The number of benzene rings is 2. The Morgan fingerprint density at radius 3 is 2.73 bits per heavy atom. The molecule has 0 bridgehead atoms. The first-order valence-corrected chi connectivity index (χ1v) is 9.84. The minimum Gasteiger partial charge on any atom is -0.354 e. The molecule has 2 aromatic carbocycles. The van der Waals surface area contributed by atoms with Gasteiger partial charge in [-0.1, -0.05) is 6.08 Å². The van der Waals surface area contributed by atoms with Gasteiger partial charge in [0.15, 0.2) is 0 Å². The number of hydrogen-bond acceptors (Lipinski definition) is 5. The molecule has 1 amide bonds. The zero-order valence-electron chi connectivity index (χ0n) is 16.4. The van der Waals surface area contributed by atoms with Gasteiger partial charge in [0.25, 0.3) is 0 Å². The maximum absolute atomic E-state index is 13.6. The van der Waals surface area contributed by atoms with E-state index in [0.29, 0.717) is 44.5 Å². The van der Waals surface area contributed by atoms with Crippen molar-refractivity contribution >= 4 is 49.8 Å². The van der Waals surface area contributed by atoms with Crippen molar-refractivity contribution in [1.82, 2.24) is 9.88 Å². The van der Waals surface area contributed by atoms with Crippen molar-refractivity contribution in [2.45, 2.75) is 0 Å². The molecule has 0 saturated heterocycles. The first-order valence-electron chi connectivity index (χ1n) is 9.04. The lowest BCUT2D eigenvalue weighted by Gasteiger charge is -2.13. The Hall–Kier alpha value is -3.28. The Kier molecular flexibility index (Phi) is 6.77. The van der Waals surface area contributed by atoms with Crippen molar-refractivity contribution < 1.29 is 9.18 Å². The van der Waals surface area contributed by atoms with Crippen molar-refractivity contribution in [1.29, 1.82) is 5.26 Å². The van der Waals surface area contributed by atoms with Crippen LogP contribution in [-0.2, 0) is 4.79 Å². The third kappa shape index (κ3) is 5.20. The molecule has 0 aliphatic heterocycles. The van der Waals surface area contributed by atoms with Crippen molar-refractivity contribution in [2.24, 2.45) is 0 Å². The number of anilines is 3. The van der Waals surface area contributed by atoms with Gasteiger partial charge in [0, 0.05) is 35.6 Å². The lowest BCUT2D eigenvalue weighted by molar-refractivity contribution is -0.111. The lowest BCUT2D eigenvalue weighted by atomic mass is 10.1. The van der Waals surface area contributed by atoms with E-state index >= 15 is 0 Å². The van der Waals surface area contributed by atoms with E-state index in [9.17, 15) is 14.4 Å². The number of hydrogen-bond donors (Lipinski definition) is 2. The molecule has 2 N–H and O–H groups in total. The molecule has 1 heterocycles. The van der Waals surface area contributed by atoms with E-state index < -0.39 is 0 Å². The molecular formula is C22H19BrFN5O. The van der Waals surface area contributed by atoms with Gasteiger partial charge < -0.3 is 15.5 Å². The zero-order valence-corrected chi connectivity index (χ0v) is 18.0. The van der Waals surface area contributed by atoms with Gasteiger partial charge in [-0.2, -0.15) is 5.26 Å². The van der Waals surface area contributed by atoms with Gasteiger partial charge in [0.1, 0.15) is 11.9 Å². The van der Waals surface area contributed by atoms with E-state index in [1.54, 1.807) is 36.4 Å². The summed E-state index contributed by atoms with van der Waals surface area (Å²) in [6, 6.07) is 11.9. The fraction of sp³-hybridized carbons (Fsp3) is 0.136. The molecule has 6 nitrogen and oxygen atoms in total. The monoisotopic (exact) mass is 467 g/mol. The van der Waals surface area contributed by atoms with Crippen LogP contribution in [0.15, 0.2) is 59.2 Å². The second-order valence-corrected chi connectivity index (χ2v) is 7.65. The van der Waals surface area contributed by atoms with Gasteiger partial charge in [-0.05, 0) is 66.4 Å². The minimum atomic E-state index is -0.382. The molecule has 0 saturated carbocycles. The summed E-state index contributed by atoms with van der Waals surface area (Å²) in [5.41, 5.74) is 2.69. The number of aromatic nitrogens is 1. The highest BCUT2D eigenvalue weighted by Gasteiger charge is 2.12. The number of pyridine rings is 1. The Morgan fingerprint density at radius 1 is 1.27 bits per heavy atom. The molecule has 0 radical (unpaired) electrons. The van der Waals surface area contributed by atoms with E-state index in [2.05, 4.69) is 37.6 Å². The largest absolute Gasteiger partial charge is 0.354 e. The van der Waals surface area contributed by atoms with Gasteiger partial charge in [-0.15, -0.1) is 0 Å². The number of carbonyl (C=O) groups excluding carboxylic acids is 1. The number of nitrogens with one attached hydrogen (secondary N) is 2. The van der Waals surface area contributed by atoms with Gasteiger partial charge >= 0.3 is 0 Å². The fourth-order valence-electron chi connectivity index (χ4n) is 2.76. The Morgan fingerprint density at radius 2 is 2.03 bits per heavy atom. The van der Waals surface area contributed by atoms with Crippen LogP contribution in [0, 0.1) is 17.1 Å². The predicted molar refractivity (Wildman–Crippen MR) is 120 cm³/mol. The highest BCUT2D eigenvalue weighted by molar-refractivity contribution is 9.10. The van der Waals surface area contributed by atoms with Gasteiger partial charge in [-0.25, -0.2) is 4.39 Å². The van der Waals surface area contributed by atoms with Crippen LogP contribution in [0.2, 0.25) is 0 Å². The second kappa shape index (κ2) is 9.48. The third-order valence-electron chi connectivity index (χ3n) is 4.18. The van der Waals surface area contributed by atoms with Crippen LogP contribution >= 0.6 is 15.9 Å². The molecule has 0 atom stereocenters. The number of fused-ring (bicyclic) bond motifs is 1. The molecule has 8 heteroatoms. The van der Waals surface area contributed by atoms with E-state index in [1.807, 2.05) is 19.0 Å². The Bertz CT molecular complexity index is 1170. The average molecular weight is 468 g/mol. The molecule has 152 valence electrons. The number of nitrogens with zero attached hydrogens (tertiary/aromatic N) is 3. The van der Waals surface area contributed by atoms with Crippen molar-refractivity contribution in [2.75, 3.05) is 31.3 Å². The summed E-state index contributed by atoms with van der Waals surface area (Å²) in [5.74, 6) is -0.634. The van der Waals surface area contributed by atoms with Gasteiger partial charge in [0.05, 0.1) is 21.2 Å². The molecule has 0 spiro atoms. The summed E-state index contributed by atoms with van der Waals surface area (Å²) in [4.78, 5) is 18.4. The summed E-state index contributed by atoms with van der Waals surface area (Å²) in [6.07, 6.45) is 4.72. The van der Waals surface area contributed by atoms with Gasteiger partial charge in [-0.3, -0.25) is 9.78 Å². The summed E-state index contributed by atoms with van der Waals surface area (Å²) in [6.45, 7) is 0.655. The summed E-state index contributed by atoms with van der Waals surface area (Å²) in [5, 5.41) is 16.2. The third-order valence-corrected chi connectivity index (χ3v) is 4.79. The van der Waals surface area contributed by atoms with Crippen molar-refractivity contribution in [3.05, 3.63) is 70.6 Å². The molecule has 0 fully saturated rings. The SMILES string of the molecule is CN(C)C/C=C/C(=O)Nc1ccc2ncc(C#N)c(Nc3ccc(F)c(Br)c3)c2c1. The molecule has 0 aliphatic rings. The first-order chi connectivity index (χ1) is 14.4. The fourth-order valence-corrected chi connectivity index (χ4v) is 3.14. The number of amides is 1. The number of halogens is 2. The van der Waals surface area contributed by atoms with Gasteiger partial charge in [0.2, 0.25) is 5.91 Å². The van der Waals surface area contributed by atoms with E-state index in [-0.39, 0.29) is 11.7 Å². The van der Waals surface area contributed by atoms with Crippen LogP contribution in [0.4, 0.5) is 21.5 Å². The van der Waals surface area contributed by atoms with Crippen LogP contribution in [0.25, 0.3) is 10.9 Å². The summed E-state index contributed by atoms with van der Waals surface area (Å²) >= 11 is 3.16. The van der Waals surface area contributed by atoms with Crippen LogP contribution in [0.3, 0.4) is 0 Å². The first kappa shape index (κ1) is 21.4. The molecule has 3 aromatic rings. The summed E-state index contributed by atoms with van der Waals surface area (Å²) < 4.78 is 13.9. The molecule has 30 heavy (non-hydrogen) atoms. The van der Waals surface area contributed by atoms with E-state index in [4.69, 9.17) is 0 Å². The number of rotatable bonds is 6. The minimum absolute atomic E-state index is 0.252. The molecule has 0 unspecified atom stereocenters. The lowest BCUT2D eigenvalue weighted by Crippen LogP contribution is -2.12. The number of carbonyl (C=O) groups is 1. The predicted octanol–water partition coefficient (Wildman–Crippen LogP) is 4.81. The number of nitriles is 1. The average Bonchev–Trinajstić information content (AvgIpc) is 2.70. The molecule has 0 aliphatic carbocycles. The highest BCUT2D eigenvalue weighted by Crippen LogP contribution is 2.32. The standard InChI is InChI=1S/C22H19BrFN5O/c1-29(2)9-3-4-21(30)27-15-6-8-20-17(10-15)22(14(12-25)13-26-20)28-16-5-7-19(24)18(23)11-16/h3-8,10-11,13H,9H2,1-2H3,(H,26,28)(H,27,30)/b4-3+. The second-order valence-electron chi connectivity index (χ2n) is 6.80. The van der Waals surface area contributed by atoms with Crippen LogP contribution < -0.4 is 10.6 Å². The Balaban J connectivity index is 1.95. The van der Waals surface area contributed by atoms with Crippen LogP contribution in [0.1, 0.15) is 5.56 Å². The van der Waals surface area contributed by atoms with E-state index in [1.165, 1.54) is 18.3 Å². The van der Waals surface area contributed by atoms with E-state index in [0.717, 1.165) is 0 Å². The highest BCUT2D eigenvalue weighted by atomic mass is 79.9. The normalized spacial score (nSPS) is 11.1.